The molecule has 0 fully saturated rings. The van der Waals surface area contributed by atoms with Gasteiger partial charge in [0.1, 0.15) is 17.3 Å². The van der Waals surface area contributed by atoms with Crippen molar-refractivity contribution < 1.29 is 32.6 Å². The Bertz CT molecular complexity index is 1320. The fraction of sp³-hybridized carbons (Fsp3) is 0.217. The van der Waals surface area contributed by atoms with Gasteiger partial charge in [0.05, 0.1) is 17.7 Å². The third-order valence-corrected chi connectivity index (χ3v) is 4.75. The minimum absolute atomic E-state index is 0.0381. The monoisotopic (exact) mass is 457 g/mol. The molecular formula is C23H18F3N3O4. The molecule has 170 valence electrons. The quantitative estimate of drug-likeness (QED) is 0.330. The van der Waals surface area contributed by atoms with Gasteiger partial charge in [-0.3, -0.25) is 0 Å². The Morgan fingerprint density at radius 3 is 2.64 bits per heavy atom. The molecule has 1 N–H and O–H groups in total. The number of rotatable bonds is 6. The number of benzene rings is 1. The lowest BCUT2D eigenvalue weighted by molar-refractivity contribution is -0.138. The Morgan fingerprint density at radius 2 is 2.03 bits per heavy atom. The summed E-state index contributed by atoms with van der Waals surface area (Å²) in [5, 5.41) is 19.1. The number of carboxylic acids is 1. The standard InChI is InChI=1S/C23H18F3N3O4/c1-3-33-22(32)15(10-27)9-16-12-29(20-19(16)18(21(30)31)4-5-28-20)11-14-6-13(2)7-17(8-14)23(24,25)26/h4-9,12H,3,11H2,1-2H3,(H,30,31)/b15-9+. The number of nitriles is 1. The number of hydrogen-bond acceptors (Lipinski definition) is 5. The number of hydrogen-bond donors (Lipinski definition) is 1. The molecule has 3 aromatic rings. The van der Waals surface area contributed by atoms with E-state index in [2.05, 4.69) is 4.98 Å². The van der Waals surface area contributed by atoms with Crippen LogP contribution in [0.2, 0.25) is 0 Å². The topological polar surface area (TPSA) is 105 Å². The number of aromatic carboxylic acids is 1. The van der Waals surface area contributed by atoms with Crippen molar-refractivity contribution in [1.29, 1.82) is 5.26 Å². The van der Waals surface area contributed by atoms with Crippen molar-refractivity contribution in [3.8, 4) is 6.07 Å². The minimum Gasteiger partial charge on any atom is -0.478 e. The van der Waals surface area contributed by atoms with E-state index in [0.717, 1.165) is 12.1 Å². The van der Waals surface area contributed by atoms with Crippen LogP contribution < -0.4 is 0 Å². The number of nitrogens with zero attached hydrogens (tertiary/aromatic N) is 3. The number of carbonyl (C=O) groups excluding carboxylic acids is 1. The molecule has 3 rings (SSSR count). The van der Waals surface area contributed by atoms with Crippen LogP contribution in [0.5, 0.6) is 0 Å². The van der Waals surface area contributed by atoms with Crippen LogP contribution >= 0.6 is 0 Å². The van der Waals surface area contributed by atoms with Crippen LogP contribution in [0.3, 0.4) is 0 Å². The van der Waals surface area contributed by atoms with E-state index in [-0.39, 0.29) is 40.9 Å². The van der Waals surface area contributed by atoms with Gasteiger partial charge in [-0.25, -0.2) is 14.6 Å². The zero-order valence-corrected chi connectivity index (χ0v) is 17.6. The molecule has 10 heteroatoms. The summed E-state index contributed by atoms with van der Waals surface area (Å²) >= 11 is 0. The summed E-state index contributed by atoms with van der Waals surface area (Å²) in [6.07, 6.45) is -0.633. The van der Waals surface area contributed by atoms with Gasteiger partial charge in [0.25, 0.3) is 0 Å². The van der Waals surface area contributed by atoms with Gasteiger partial charge in [-0.2, -0.15) is 18.4 Å². The van der Waals surface area contributed by atoms with E-state index in [0.29, 0.717) is 11.1 Å². The molecule has 33 heavy (non-hydrogen) atoms. The van der Waals surface area contributed by atoms with E-state index >= 15 is 0 Å². The number of fused-ring (bicyclic) bond motifs is 1. The molecule has 0 radical (unpaired) electrons. The van der Waals surface area contributed by atoms with E-state index < -0.39 is 23.7 Å². The maximum atomic E-state index is 13.2. The first-order chi connectivity index (χ1) is 15.5. The van der Waals surface area contributed by atoms with E-state index in [4.69, 9.17) is 4.74 Å². The summed E-state index contributed by atoms with van der Waals surface area (Å²) in [4.78, 5) is 28.0. The number of pyridine rings is 1. The van der Waals surface area contributed by atoms with Crippen LogP contribution in [0.15, 0.2) is 42.2 Å². The first kappa shape index (κ1) is 23.5. The van der Waals surface area contributed by atoms with Gasteiger partial charge in [-0.15, -0.1) is 0 Å². The highest BCUT2D eigenvalue weighted by Crippen LogP contribution is 2.32. The maximum absolute atomic E-state index is 13.2. The highest BCUT2D eigenvalue weighted by atomic mass is 19.4. The first-order valence-corrected chi connectivity index (χ1v) is 9.73. The number of carbonyl (C=O) groups is 2. The molecule has 1 aromatic carbocycles. The van der Waals surface area contributed by atoms with Gasteiger partial charge in [-0.1, -0.05) is 11.6 Å². The molecule has 0 bridgehead atoms. The maximum Gasteiger partial charge on any atom is 0.416 e. The van der Waals surface area contributed by atoms with Crippen LogP contribution in [0.25, 0.3) is 17.1 Å². The molecule has 2 aromatic heterocycles. The highest BCUT2D eigenvalue weighted by molar-refractivity contribution is 6.07. The fourth-order valence-corrected chi connectivity index (χ4v) is 3.47. The van der Waals surface area contributed by atoms with Gasteiger partial charge in [0.2, 0.25) is 0 Å². The molecule has 7 nitrogen and oxygen atoms in total. The van der Waals surface area contributed by atoms with Crippen molar-refractivity contribution in [3.63, 3.8) is 0 Å². The number of alkyl halides is 3. The van der Waals surface area contributed by atoms with Gasteiger partial charge in [0, 0.05) is 29.9 Å². The molecule has 0 saturated carbocycles. The molecule has 0 spiro atoms. The number of carboxylic acid groups (broad SMARTS) is 1. The third kappa shape index (κ3) is 5.03. The zero-order valence-electron chi connectivity index (χ0n) is 17.6. The number of ether oxygens (including phenoxy) is 1. The smallest absolute Gasteiger partial charge is 0.416 e. The largest absolute Gasteiger partial charge is 0.478 e. The fourth-order valence-electron chi connectivity index (χ4n) is 3.47. The first-order valence-electron chi connectivity index (χ1n) is 9.73. The van der Waals surface area contributed by atoms with Crippen LogP contribution in [0.4, 0.5) is 13.2 Å². The summed E-state index contributed by atoms with van der Waals surface area (Å²) in [6, 6.07) is 6.61. The zero-order chi connectivity index (χ0) is 24.3. The summed E-state index contributed by atoms with van der Waals surface area (Å²) < 4.78 is 46.0. The summed E-state index contributed by atoms with van der Waals surface area (Å²) in [7, 11) is 0. The second kappa shape index (κ2) is 9.16. The van der Waals surface area contributed by atoms with Crippen LogP contribution in [-0.4, -0.2) is 33.2 Å². The van der Waals surface area contributed by atoms with Crippen LogP contribution in [0.1, 0.15) is 39.5 Å². The highest BCUT2D eigenvalue weighted by Gasteiger charge is 2.31. The predicted molar refractivity (Wildman–Crippen MR) is 112 cm³/mol. The molecular weight excluding hydrogens is 439 g/mol. The summed E-state index contributed by atoms with van der Waals surface area (Å²) in [5.41, 5.74) is -0.186. The number of aryl methyl sites for hydroxylation is 1. The molecule has 0 aliphatic rings. The Morgan fingerprint density at radius 1 is 1.30 bits per heavy atom. The van der Waals surface area contributed by atoms with Gasteiger partial charge in [-0.05, 0) is 43.7 Å². The SMILES string of the molecule is CCOC(=O)/C(C#N)=C/c1cn(Cc2cc(C)cc(C(F)(F)F)c2)c2nccc(C(=O)O)c12. The van der Waals surface area contributed by atoms with Gasteiger partial charge in [0.15, 0.2) is 0 Å². The van der Waals surface area contributed by atoms with Crippen molar-refractivity contribution in [1.82, 2.24) is 9.55 Å². The molecule has 0 saturated heterocycles. The third-order valence-electron chi connectivity index (χ3n) is 4.75. The van der Waals surface area contributed by atoms with E-state index in [1.807, 2.05) is 0 Å². The molecule has 0 atom stereocenters. The van der Waals surface area contributed by atoms with Gasteiger partial charge >= 0.3 is 18.1 Å². The average Bonchev–Trinajstić information content (AvgIpc) is 3.08. The van der Waals surface area contributed by atoms with E-state index in [1.54, 1.807) is 26.0 Å². The Balaban J connectivity index is 2.20. The molecule has 0 unspecified atom stereocenters. The van der Waals surface area contributed by atoms with Crippen molar-refractivity contribution >= 4 is 29.0 Å². The van der Waals surface area contributed by atoms with Crippen molar-refractivity contribution in [2.75, 3.05) is 6.61 Å². The summed E-state index contributed by atoms with van der Waals surface area (Å²) in [6.45, 7) is 3.10. The second-order valence-electron chi connectivity index (χ2n) is 7.17. The Hall–Kier alpha value is -4.13. The molecule has 2 heterocycles. The van der Waals surface area contributed by atoms with Crippen molar-refractivity contribution in [2.45, 2.75) is 26.6 Å². The second-order valence-corrected chi connectivity index (χ2v) is 7.17. The minimum atomic E-state index is -4.52. The lowest BCUT2D eigenvalue weighted by Crippen LogP contribution is -2.08. The lowest BCUT2D eigenvalue weighted by atomic mass is 10.1. The normalized spacial score (nSPS) is 11.9. The number of aromatic nitrogens is 2. The molecule has 0 aliphatic heterocycles. The van der Waals surface area contributed by atoms with Crippen LogP contribution in [0, 0.1) is 18.3 Å². The Kier molecular flexibility index (Phi) is 6.53. The van der Waals surface area contributed by atoms with E-state index in [9.17, 15) is 33.1 Å². The van der Waals surface area contributed by atoms with Gasteiger partial charge < -0.3 is 14.4 Å². The number of halogens is 3. The average molecular weight is 457 g/mol. The molecule has 0 amide bonds. The lowest BCUT2D eigenvalue weighted by Gasteiger charge is -2.12. The Labute approximate surface area is 186 Å². The predicted octanol–water partition coefficient (Wildman–Crippen LogP) is 4.58. The van der Waals surface area contributed by atoms with E-state index in [1.165, 1.54) is 29.1 Å². The van der Waals surface area contributed by atoms with Crippen molar-refractivity contribution in [3.05, 3.63) is 70.0 Å². The molecule has 0 aliphatic carbocycles. The van der Waals surface area contributed by atoms with Crippen LogP contribution in [-0.2, 0) is 22.3 Å². The summed E-state index contributed by atoms with van der Waals surface area (Å²) in [5.74, 6) is -2.14. The number of esters is 1. The van der Waals surface area contributed by atoms with Crippen molar-refractivity contribution in [2.24, 2.45) is 0 Å².